The van der Waals surface area contributed by atoms with Crippen LogP contribution in [0, 0.1) is 0 Å². The van der Waals surface area contributed by atoms with Gasteiger partial charge in [-0.1, -0.05) is 217 Å². The zero-order valence-corrected chi connectivity index (χ0v) is 43.3. The minimum atomic E-state index is -0.783. The Bertz CT molecular complexity index is 1140. The summed E-state index contributed by atoms with van der Waals surface area (Å²) >= 11 is 0. The first-order valence-corrected chi connectivity index (χ1v) is 28.1. The molecule has 0 aliphatic rings. The van der Waals surface area contributed by atoms with Gasteiger partial charge in [0.1, 0.15) is 13.2 Å². The van der Waals surface area contributed by atoms with Gasteiger partial charge in [0, 0.05) is 19.3 Å². The maximum atomic E-state index is 12.8. The van der Waals surface area contributed by atoms with Gasteiger partial charge in [-0.25, -0.2) is 0 Å². The van der Waals surface area contributed by atoms with Crippen molar-refractivity contribution in [2.45, 2.75) is 297 Å². The van der Waals surface area contributed by atoms with Gasteiger partial charge in [-0.2, -0.15) is 0 Å². The van der Waals surface area contributed by atoms with Crippen molar-refractivity contribution in [2.24, 2.45) is 0 Å². The van der Waals surface area contributed by atoms with Crippen molar-refractivity contribution in [3.8, 4) is 0 Å². The van der Waals surface area contributed by atoms with E-state index in [2.05, 4.69) is 69.4 Å². The zero-order valence-electron chi connectivity index (χ0n) is 43.3. The minimum Gasteiger partial charge on any atom is -0.462 e. The van der Waals surface area contributed by atoms with E-state index in [-0.39, 0.29) is 31.1 Å². The molecular formula is C59H106O6. The number of allylic oxidation sites excluding steroid dienone is 8. The number of hydrogen-bond donors (Lipinski definition) is 0. The van der Waals surface area contributed by atoms with Crippen LogP contribution in [-0.4, -0.2) is 37.2 Å². The fourth-order valence-electron chi connectivity index (χ4n) is 7.99. The summed E-state index contributed by atoms with van der Waals surface area (Å²) in [5.74, 6) is -0.896. The Labute approximate surface area is 403 Å². The van der Waals surface area contributed by atoms with Crippen molar-refractivity contribution in [2.75, 3.05) is 13.2 Å². The molecule has 0 rings (SSSR count). The molecule has 6 nitrogen and oxygen atoms in total. The van der Waals surface area contributed by atoms with Crippen molar-refractivity contribution in [1.82, 2.24) is 0 Å². The molecule has 0 saturated heterocycles. The quantitative estimate of drug-likeness (QED) is 0.0262. The molecule has 0 aromatic rings. The number of ether oxygens (including phenoxy) is 3. The van der Waals surface area contributed by atoms with Gasteiger partial charge in [0.2, 0.25) is 0 Å². The highest BCUT2D eigenvalue weighted by Gasteiger charge is 2.19. The summed E-state index contributed by atoms with van der Waals surface area (Å²) in [6, 6.07) is 0. The number of unbranched alkanes of at least 4 members (excludes halogenated alkanes) is 32. The van der Waals surface area contributed by atoms with Crippen LogP contribution in [0.5, 0.6) is 0 Å². The van der Waals surface area contributed by atoms with Gasteiger partial charge in [-0.3, -0.25) is 14.4 Å². The van der Waals surface area contributed by atoms with Crippen LogP contribution in [0.4, 0.5) is 0 Å². The van der Waals surface area contributed by atoms with Crippen LogP contribution in [0.25, 0.3) is 0 Å². The van der Waals surface area contributed by atoms with Crippen LogP contribution < -0.4 is 0 Å². The predicted octanol–water partition coefficient (Wildman–Crippen LogP) is 18.7. The number of carbonyl (C=O) groups is 3. The molecular weight excluding hydrogens is 805 g/mol. The van der Waals surface area contributed by atoms with E-state index in [1.54, 1.807) is 0 Å². The monoisotopic (exact) mass is 911 g/mol. The molecule has 0 radical (unpaired) electrons. The van der Waals surface area contributed by atoms with E-state index in [1.165, 1.54) is 161 Å². The molecule has 0 aliphatic carbocycles. The van der Waals surface area contributed by atoms with E-state index < -0.39 is 6.10 Å². The largest absolute Gasteiger partial charge is 0.462 e. The van der Waals surface area contributed by atoms with E-state index in [1.807, 2.05) is 0 Å². The molecule has 0 N–H and O–H groups in total. The summed E-state index contributed by atoms with van der Waals surface area (Å²) in [5, 5.41) is 0. The Morgan fingerprint density at radius 3 is 0.908 bits per heavy atom. The molecule has 0 bridgehead atoms. The van der Waals surface area contributed by atoms with Gasteiger partial charge < -0.3 is 14.2 Å². The minimum absolute atomic E-state index is 0.0812. The summed E-state index contributed by atoms with van der Waals surface area (Å²) in [5.41, 5.74) is 0. The normalized spacial score (nSPS) is 12.4. The molecule has 0 spiro atoms. The second-order valence-corrected chi connectivity index (χ2v) is 18.8. The molecule has 0 heterocycles. The highest BCUT2D eigenvalue weighted by Crippen LogP contribution is 2.15. The fraction of sp³-hybridized carbons (Fsp3) is 0.814. The molecule has 0 aliphatic heterocycles. The lowest BCUT2D eigenvalue weighted by Gasteiger charge is -2.18. The van der Waals surface area contributed by atoms with Crippen molar-refractivity contribution in [3.63, 3.8) is 0 Å². The smallest absolute Gasteiger partial charge is 0.306 e. The molecule has 0 aromatic carbocycles. The summed E-state index contributed by atoms with van der Waals surface area (Å²) in [4.78, 5) is 38.1. The molecule has 0 fully saturated rings. The lowest BCUT2D eigenvalue weighted by molar-refractivity contribution is -0.167. The van der Waals surface area contributed by atoms with Crippen LogP contribution in [0.2, 0.25) is 0 Å². The number of rotatable bonds is 51. The summed E-state index contributed by atoms with van der Waals surface area (Å²) in [6.07, 6.45) is 65.2. The number of esters is 3. The topological polar surface area (TPSA) is 78.9 Å². The van der Waals surface area contributed by atoms with Crippen LogP contribution in [0.3, 0.4) is 0 Å². The van der Waals surface area contributed by atoms with Crippen LogP contribution in [-0.2, 0) is 28.6 Å². The first kappa shape index (κ1) is 62.4. The molecule has 0 unspecified atom stereocenters. The fourth-order valence-corrected chi connectivity index (χ4v) is 7.99. The predicted molar refractivity (Wildman–Crippen MR) is 279 cm³/mol. The third-order valence-corrected chi connectivity index (χ3v) is 12.3. The van der Waals surface area contributed by atoms with Gasteiger partial charge in [0.25, 0.3) is 0 Å². The van der Waals surface area contributed by atoms with Crippen molar-refractivity contribution in [3.05, 3.63) is 48.6 Å². The Kier molecular flexibility index (Phi) is 51.8. The molecule has 0 aromatic heterocycles. The third-order valence-electron chi connectivity index (χ3n) is 12.3. The SMILES string of the molecule is CCCCC/C=C\C/C=C\CCCCCCCC(=O)O[C@H](COC(=O)CCCCCCC/C=C\CCCCCC)COC(=O)CCCCCCCCCCC/C=C\CCCCCCCC. The van der Waals surface area contributed by atoms with Crippen molar-refractivity contribution >= 4 is 17.9 Å². The average Bonchev–Trinajstić information content (AvgIpc) is 3.30. The van der Waals surface area contributed by atoms with Gasteiger partial charge in [-0.15, -0.1) is 0 Å². The number of hydrogen-bond acceptors (Lipinski definition) is 6. The third kappa shape index (κ3) is 52.2. The van der Waals surface area contributed by atoms with Crippen molar-refractivity contribution < 1.29 is 28.6 Å². The summed E-state index contributed by atoms with van der Waals surface area (Å²) in [7, 11) is 0. The second kappa shape index (κ2) is 54.0. The molecule has 65 heavy (non-hydrogen) atoms. The summed E-state index contributed by atoms with van der Waals surface area (Å²) in [6.45, 7) is 6.60. The summed E-state index contributed by atoms with van der Waals surface area (Å²) < 4.78 is 16.8. The highest BCUT2D eigenvalue weighted by molar-refractivity contribution is 5.71. The van der Waals surface area contributed by atoms with Crippen molar-refractivity contribution in [1.29, 1.82) is 0 Å². The lowest BCUT2D eigenvalue weighted by Crippen LogP contribution is -2.30. The number of carbonyl (C=O) groups excluding carboxylic acids is 3. The van der Waals surface area contributed by atoms with E-state index in [0.717, 1.165) is 89.9 Å². The Morgan fingerprint density at radius 1 is 0.308 bits per heavy atom. The van der Waals surface area contributed by atoms with E-state index >= 15 is 0 Å². The Morgan fingerprint density at radius 2 is 0.554 bits per heavy atom. The first-order valence-electron chi connectivity index (χ1n) is 28.1. The van der Waals surface area contributed by atoms with Gasteiger partial charge in [-0.05, 0) is 103 Å². The first-order chi connectivity index (χ1) is 32.0. The second-order valence-electron chi connectivity index (χ2n) is 18.8. The van der Waals surface area contributed by atoms with Crippen LogP contribution in [0.15, 0.2) is 48.6 Å². The van der Waals surface area contributed by atoms with E-state index in [9.17, 15) is 14.4 Å². The van der Waals surface area contributed by atoms with Gasteiger partial charge >= 0.3 is 17.9 Å². The lowest BCUT2D eigenvalue weighted by atomic mass is 10.1. The molecule has 1 atom stereocenters. The maximum Gasteiger partial charge on any atom is 0.306 e. The van der Waals surface area contributed by atoms with E-state index in [0.29, 0.717) is 19.3 Å². The zero-order chi connectivity index (χ0) is 47.2. The molecule has 378 valence electrons. The van der Waals surface area contributed by atoms with Gasteiger partial charge in [0.05, 0.1) is 0 Å². The average molecular weight is 911 g/mol. The van der Waals surface area contributed by atoms with Gasteiger partial charge in [0.15, 0.2) is 6.10 Å². The van der Waals surface area contributed by atoms with Crippen LogP contribution >= 0.6 is 0 Å². The molecule has 6 heteroatoms. The van der Waals surface area contributed by atoms with E-state index in [4.69, 9.17) is 14.2 Å². The Hall–Kier alpha value is -2.63. The molecule has 0 saturated carbocycles. The standard InChI is InChI=1S/C59H106O6/c1-4-7-10-13-16-19-22-25-27-28-29-30-32-34-37-40-43-46-49-52-58(61)64-55-56(54-63-57(60)51-48-45-42-39-36-33-24-21-18-15-12-9-6-3)65-59(62)53-50-47-44-41-38-35-31-26-23-20-17-14-11-8-5-2/h17,20-21,24-27,31,56H,4-16,18-19,22-23,28-30,32-55H2,1-3H3/b20-17-,24-21-,27-25-,31-26-/t56-/m1/s1. The highest BCUT2D eigenvalue weighted by atomic mass is 16.6. The maximum absolute atomic E-state index is 12.8. The van der Waals surface area contributed by atoms with Crippen LogP contribution in [0.1, 0.15) is 290 Å². The molecule has 0 amide bonds. The Balaban J connectivity index is 4.36.